The van der Waals surface area contributed by atoms with Gasteiger partial charge in [-0.2, -0.15) is 0 Å². The van der Waals surface area contributed by atoms with Crippen LogP contribution in [-0.2, 0) is 0 Å². The molecular weight excluding hydrogens is 273 g/mol. The summed E-state index contributed by atoms with van der Waals surface area (Å²) in [7, 11) is 0. The molecule has 13 heavy (non-hydrogen) atoms. The average Bonchev–Trinajstić information content (AvgIpc) is 2.62. The third kappa shape index (κ3) is 2.59. The molecule has 2 rings (SSSR count). The van der Waals surface area contributed by atoms with Crippen LogP contribution >= 0.6 is 22.6 Å². The Morgan fingerprint density at radius 1 is 1.08 bits per heavy atom. The zero-order valence-corrected chi connectivity index (χ0v) is 9.75. The number of anilines is 1. The predicted molar refractivity (Wildman–Crippen MR) is 65.0 cm³/mol. The standard InChI is InChI=1S/C11H14IN/c12-9-5-7-11(8-6-9)13-10-3-1-2-4-10/h5-8,10,13H,1-4H2. The van der Waals surface area contributed by atoms with Crippen LogP contribution in [-0.4, -0.2) is 6.04 Å². The minimum Gasteiger partial charge on any atom is -0.382 e. The summed E-state index contributed by atoms with van der Waals surface area (Å²) in [5.74, 6) is 0. The van der Waals surface area contributed by atoms with Gasteiger partial charge in [0.15, 0.2) is 0 Å². The molecule has 1 aliphatic carbocycles. The highest BCUT2D eigenvalue weighted by Gasteiger charge is 2.13. The van der Waals surface area contributed by atoms with E-state index in [4.69, 9.17) is 0 Å². The van der Waals surface area contributed by atoms with Gasteiger partial charge in [0.25, 0.3) is 0 Å². The number of nitrogens with one attached hydrogen (secondary N) is 1. The monoisotopic (exact) mass is 287 g/mol. The van der Waals surface area contributed by atoms with Crippen LogP contribution in [0.3, 0.4) is 0 Å². The Morgan fingerprint density at radius 3 is 2.31 bits per heavy atom. The minimum atomic E-state index is 0.722. The average molecular weight is 287 g/mol. The first-order valence-electron chi connectivity index (χ1n) is 4.87. The van der Waals surface area contributed by atoms with Crippen LogP contribution in [0.4, 0.5) is 5.69 Å². The topological polar surface area (TPSA) is 12.0 Å². The Morgan fingerprint density at radius 2 is 1.69 bits per heavy atom. The Bertz CT molecular complexity index is 262. The molecule has 1 saturated carbocycles. The van der Waals surface area contributed by atoms with Gasteiger partial charge >= 0.3 is 0 Å². The lowest BCUT2D eigenvalue weighted by Gasteiger charge is -2.12. The second-order valence-corrected chi connectivity index (χ2v) is 4.88. The molecular formula is C11H14IN. The van der Waals surface area contributed by atoms with Gasteiger partial charge in [0.05, 0.1) is 0 Å². The molecule has 0 heterocycles. The van der Waals surface area contributed by atoms with Crippen LogP contribution in [0.15, 0.2) is 24.3 Å². The molecule has 0 spiro atoms. The Kier molecular flexibility index (Phi) is 3.09. The molecule has 70 valence electrons. The molecule has 1 fully saturated rings. The van der Waals surface area contributed by atoms with E-state index in [0.717, 1.165) is 6.04 Å². The molecule has 0 aliphatic heterocycles. The van der Waals surface area contributed by atoms with Crippen molar-refractivity contribution in [3.63, 3.8) is 0 Å². The van der Waals surface area contributed by atoms with Crippen LogP contribution in [0, 0.1) is 3.57 Å². The van der Waals surface area contributed by atoms with Gasteiger partial charge in [-0.25, -0.2) is 0 Å². The lowest BCUT2D eigenvalue weighted by Crippen LogP contribution is -2.14. The fraction of sp³-hybridized carbons (Fsp3) is 0.455. The van der Waals surface area contributed by atoms with Crippen LogP contribution in [0.1, 0.15) is 25.7 Å². The van der Waals surface area contributed by atoms with E-state index < -0.39 is 0 Å². The molecule has 1 N–H and O–H groups in total. The van der Waals surface area contributed by atoms with E-state index >= 15 is 0 Å². The fourth-order valence-corrected chi connectivity index (χ4v) is 2.21. The lowest BCUT2D eigenvalue weighted by atomic mass is 10.2. The van der Waals surface area contributed by atoms with E-state index in [2.05, 4.69) is 52.2 Å². The van der Waals surface area contributed by atoms with Crippen molar-refractivity contribution in [3.8, 4) is 0 Å². The third-order valence-electron chi connectivity index (χ3n) is 2.57. The molecule has 0 saturated heterocycles. The van der Waals surface area contributed by atoms with Crippen molar-refractivity contribution >= 4 is 28.3 Å². The molecule has 0 atom stereocenters. The molecule has 2 heteroatoms. The lowest BCUT2D eigenvalue weighted by molar-refractivity contribution is 0.755. The second-order valence-electron chi connectivity index (χ2n) is 3.63. The number of benzene rings is 1. The number of rotatable bonds is 2. The van der Waals surface area contributed by atoms with Gasteiger partial charge < -0.3 is 5.32 Å². The number of hydrogen-bond donors (Lipinski definition) is 1. The van der Waals surface area contributed by atoms with Crippen LogP contribution in [0.5, 0.6) is 0 Å². The summed E-state index contributed by atoms with van der Waals surface area (Å²) in [4.78, 5) is 0. The maximum atomic E-state index is 3.56. The highest BCUT2D eigenvalue weighted by molar-refractivity contribution is 14.1. The number of halogens is 1. The van der Waals surface area contributed by atoms with E-state index in [0.29, 0.717) is 0 Å². The van der Waals surface area contributed by atoms with Gasteiger partial charge in [-0.15, -0.1) is 0 Å². The summed E-state index contributed by atoms with van der Waals surface area (Å²) in [5.41, 5.74) is 1.27. The highest BCUT2D eigenvalue weighted by atomic mass is 127. The van der Waals surface area contributed by atoms with Gasteiger partial charge in [-0.1, -0.05) is 12.8 Å². The normalized spacial score (nSPS) is 17.6. The van der Waals surface area contributed by atoms with Crippen molar-refractivity contribution in [2.75, 3.05) is 5.32 Å². The predicted octanol–water partition coefficient (Wildman–Crippen LogP) is 3.65. The van der Waals surface area contributed by atoms with Gasteiger partial charge in [0.1, 0.15) is 0 Å². The van der Waals surface area contributed by atoms with Crippen molar-refractivity contribution in [1.29, 1.82) is 0 Å². The highest BCUT2D eigenvalue weighted by Crippen LogP contribution is 2.22. The van der Waals surface area contributed by atoms with Gasteiger partial charge in [-0.05, 0) is 59.7 Å². The third-order valence-corrected chi connectivity index (χ3v) is 3.29. The van der Waals surface area contributed by atoms with Crippen molar-refractivity contribution < 1.29 is 0 Å². The molecule has 0 amide bonds. The minimum absolute atomic E-state index is 0.722. The second kappa shape index (κ2) is 4.31. The number of hydrogen-bond acceptors (Lipinski definition) is 1. The smallest absolute Gasteiger partial charge is 0.0343 e. The van der Waals surface area contributed by atoms with Gasteiger partial charge in [0.2, 0.25) is 0 Å². The van der Waals surface area contributed by atoms with Gasteiger partial charge in [-0.3, -0.25) is 0 Å². The molecule has 0 bridgehead atoms. The zero-order chi connectivity index (χ0) is 9.10. The Labute approximate surface area is 93.1 Å². The first-order valence-corrected chi connectivity index (χ1v) is 5.94. The Balaban J connectivity index is 1.97. The van der Waals surface area contributed by atoms with Crippen molar-refractivity contribution in [2.24, 2.45) is 0 Å². The zero-order valence-electron chi connectivity index (χ0n) is 7.59. The molecule has 0 unspecified atom stereocenters. The van der Waals surface area contributed by atoms with Crippen molar-refractivity contribution in [2.45, 2.75) is 31.7 Å². The summed E-state index contributed by atoms with van der Waals surface area (Å²) in [5, 5.41) is 3.56. The summed E-state index contributed by atoms with van der Waals surface area (Å²) < 4.78 is 1.30. The van der Waals surface area contributed by atoms with Gasteiger partial charge in [0, 0.05) is 15.3 Å². The maximum Gasteiger partial charge on any atom is 0.0343 e. The van der Waals surface area contributed by atoms with E-state index in [1.54, 1.807) is 0 Å². The summed E-state index contributed by atoms with van der Waals surface area (Å²) in [6.07, 6.45) is 5.46. The van der Waals surface area contributed by atoms with E-state index in [1.165, 1.54) is 34.9 Å². The quantitative estimate of drug-likeness (QED) is 0.819. The van der Waals surface area contributed by atoms with E-state index in [-0.39, 0.29) is 0 Å². The fourth-order valence-electron chi connectivity index (χ4n) is 1.85. The van der Waals surface area contributed by atoms with Crippen LogP contribution in [0.25, 0.3) is 0 Å². The van der Waals surface area contributed by atoms with Crippen LogP contribution < -0.4 is 5.32 Å². The van der Waals surface area contributed by atoms with Crippen LogP contribution in [0.2, 0.25) is 0 Å². The first kappa shape index (κ1) is 9.31. The van der Waals surface area contributed by atoms with E-state index in [9.17, 15) is 0 Å². The molecule has 1 aromatic rings. The summed E-state index contributed by atoms with van der Waals surface area (Å²) in [6, 6.07) is 9.36. The molecule has 0 aromatic heterocycles. The van der Waals surface area contributed by atoms with E-state index in [1.807, 2.05) is 0 Å². The largest absolute Gasteiger partial charge is 0.382 e. The first-order chi connectivity index (χ1) is 6.34. The summed E-state index contributed by atoms with van der Waals surface area (Å²) >= 11 is 2.33. The molecule has 1 aromatic carbocycles. The molecule has 1 nitrogen and oxygen atoms in total. The maximum absolute atomic E-state index is 3.56. The van der Waals surface area contributed by atoms with Crippen molar-refractivity contribution in [3.05, 3.63) is 27.8 Å². The SMILES string of the molecule is Ic1ccc(NC2CCCC2)cc1. The summed E-state index contributed by atoms with van der Waals surface area (Å²) in [6.45, 7) is 0. The molecule has 1 aliphatic rings. The van der Waals surface area contributed by atoms with Crippen molar-refractivity contribution in [1.82, 2.24) is 0 Å². The molecule has 0 radical (unpaired) electrons. The Hall–Kier alpha value is -0.250.